The molecular weight excluding hydrogens is 353 g/mol. The molecule has 0 aliphatic carbocycles. The van der Waals surface area contributed by atoms with E-state index < -0.39 is 28.9 Å². The first-order valence-corrected chi connectivity index (χ1v) is 6.66. The number of halogens is 4. The van der Waals surface area contributed by atoms with Crippen LogP contribution in [-0.4, -0.2) is 20.8 Å². The number of pyridine rings is 2. The number of aromatic carboxylic acids is 1. The minimum Gasteiger partial charge on any atom is -0.805 e. The standard InChI is InChI=1S/C13H9ClF3N4O3/c14-9-2-1-8(10(20-9)12(22)23)19-4-6-3-7(13(15,16)17)5-21(24)11(6)18/h1-3,5,18-19H,4H2,(H,22,23)/q-1. The van der Waals surface area contributed by atoms with Gasteiger partial charge in [0.2, 0.25) is 0 Å². The molecule has 0 radical (unpaired) electrons. The van der Waals surface area contributed by atoms with Crippen molar-refractivity contribution in [2.24, 2.45) is 0 Å². The van der Waals surface area contributed by atoms with E-state index in [2.05, 4.69) is 10.3 Å². The number of rotatable bonds is 4. The Morgan fingerprint density at radius 2 is 2.12 bits per heavy atom. The molecule has 2 heterocycles. The fourth-order valence-electron chi connectivity index (χ4n) is 1.85. The molecule has 0 amide bonds. The van der Waals surface area contributed by atoms with Crippen molar-refractivity contribution >= 4 is 23.3 Å². The molecule has 0 atom stereocenters. The number of hydrogen-bond acceptors (Lipinski definition) is 5. The number of hydrogen-bond donors (Lipinski definition) is 3. The molecule has 0 bridgehead atoms. The number of nitrogens with zero attached hydrogens (tertiary/aromatic N) is 2. The molecule has 0 saturated heterocycles. The van der Waals surface area contributed by atoms with Gasteiger partial charge in [-0.2, -0.15) is 13.2 Å². The summed E-state index contributed by atoms with van der Waals surface area (Å²) in [6.45, 7) is -0.380. The van der Waals surface area contributed by atoms with Crippen LogP contribution in [0.1, 0.15) is 21.6 Å². The number of anilines is 1. The Morgan fingerprint density at radius 1 is 1.46 bits per heavy atom. The number of carboxylic acid groups (broad SMARTS) is 1. The smallest absolute Gasteiger partial charge is 0.417 e. The quantitative estimate of drug-likeness (QED) is 0.724. The molecule has 0 unspecified atom stereocenters. The van der Waals surface area contributed by atoms with E-state index >= 15 is 0 Å². The van der Waals surface area contributed by atoms with Gasteiger partial charge in [-0.1, -0.05) is 11.6 Å². The Hall–Kier alpha value is -2.75. The van der Waals surface area contributed by atoms with Crippen molar-refractivity contribution in [2.45, 2.75) is 12.7 Å². The van der Waals surface area contributed by atoms with E-state index in [9.17, 15) is 23.2 Å². The lowest BCUT2D eigenvalue weighted by molar-refractivity contribution is -0.138. The number of carbonyl (C=O) groups is 1. The third kappa shape index (κ3) is 3.77. The van der Waals surface area contributed by atoms with E-state index in [0.717, 1.165) is 0 Å². The lowest BCUT2D eigenvalue weighted by atomic mass is 10.2. The molecule has 24 heavy (non-hydrogen) atoms. The third-order valence-electron chi connectivity index (χ3n) is 2.97. The molecule has 0 saturated carbocycles. The van der Waals surface area contributed by atoms with Crippen molar-refractivity contribution in [2.75, 3.05) is 5.32 Å². The van der Waals surface area contributed by atoms with Gasteiger partial charge in [0.15, 0.2) is 5.69 Å². The van der Waals surface area contributed by atoms with Gasteiger partial charge >= 0.3 is 12.1 Å². The molecule has 0 aliphatic heterocycles. The van der Waals surface area contributed by atoms with Gasteiger partial charge in [-0.15, -0.1) is 0 Å². The Morgan fingerprint density at radius 3 is 2.71 bits per heavy atom. The monoisotopic (exact) mass is 361 g/mol. The molecule has 2 aromatic heterocycles. The van der Waals surface area contributed by atoms with E-state index in [1.54, 1.807) is 0 Å². The molecule has 11 heteroatoms. The summed E-state index contributed by atoms with van der Waals surface area (Å²) in [5, 5.41) is 30.4. The molecule has 0 aromatic carbocycles. The van der Waals surface area contributed by atoms with Crippen LogP contribution in [0.2, 0.25) is 5.15 Å². The van der Waals surface area contributed by atoms with Crippen LogP contribution in [0.4, 0.5) is 18.9 Å². The Labute approximate surface area is 137 Å². The summed E-state index contributed by atoms with van der Waals surface area (Å²) in [7, 11) is 0. The largest absolute Gasteiger partial charge is 0.805 e. The van der Waals surface area contributed by atoms with E-state index in [1.807, 2.05) is 0 Å². The minimum atomic E-state index is -4.75. The number of alkyl halides is 3. The lowest BCUT2D eigenvalue weighted by Gasteiger charge is -2.18. The van der Waals surface area contributed by atoms with Gasteiger partial charge < -0.3 is 20.4 Å². The van der Waals surface area contributed by atoms with Gasteiger partial charge in [0.1, 0.15) is 10.6 Å². The molecular formula is C13H9ClF3N4O3-. The zero-order valence-electron chi connectivity index (χ0n) is 11.7. The van der Waals surface area contributed by atoms with Crippen molar-refractivity contribution in [1.29, 1.82) is 5.41 Å². The third-order valence-corrected chi connectivity index (χ3v) is 3.18. The molecule has 2 rings (SSSR count). The highest BCUT2D eigenvalue weighted by molar-refractivity contribution is 6.29. The molecule has 128 valence electrons. The predicted octanol–water partition coefficient (Wildman–Crippen LogP) is 2.69. The number of aromatic nitrogens is 2. The maximum atomic E-state index is 12.7. The van der Waals surface area contributed by atoms with E-state index in [0.29, 0.717) is 6.07 Å². The predicted molar refractivity (Wildman–Crippen MR) is 77.6 cm³/mol. The highest BCUT2D eigenvalue weighted by Gasteiger charge is 2.31. The van der Waals surface area contributed by atoms with Crippen LogP contribution in [0.5, 0.6) is 0 Å². The maximum absolute atomic E-state index is 12.7. The van der Waals surface area contributed by atoms with Crippen molar-refractivity contribution in [3.63, 3.8) is 0 Å². The van der Waals surface area contributed by atoms with Gasteiger partial charge in [0, 0.05) is 18.3 Å². The van der Waals surface area contributed by atoms with Crippen LogP contribution >= 0.6 is 11.6 Å². The summed E-state index contributed by atoms with van der Waals surface area (Å²) in [5.74, 6) is -1.39. The summed E-state index contributed by atoms with van der Waals surface area (Å²) >= 11 is 5.59. The number of nitrogens with one attached hydrogen (secondary N) is 2. The first-order valence-electron chi connectivity index (χ1n) is 6.28. The summed E-state index contributed by atoms with van der Waals surface area (Å²) in [6.07, 6.45) is -4.49. The van der Waals surface area contributed by atoms with Crippen LogP contribution in [0, 0.1) is 10.6 Å². The fourth-order valence-corrected chi connectivity index (χ4v) is 1.99. The maximum Gasteiger partial charge on any atom is 0.417 e. The summed E-state index contributed by atoms with van der Waals surface area (Å²) in [6, 6.07) is 3.21. The Balaban J connectivity index is 2.35. The molecule has 0 fully saturated rings. The summed E-state index contributed by atoms with van der Waals surface area (Å²) in [4.78, 5) is 14.7. The topological polar surface area (TPSA) is 114 Å². The summed E-state index contributed by atoms with van der Waals surface area (Å²) < 4.78 is 38.0. The van der Waals surface area contributed by atoms with Crippen LogP contribution in [0.25, 0.3) is 0 Å². The van der Waals surface area contributed by atoms with Crippen molar-refractivity contribution in [3.05, 3.63) is 57.1 Å². The van der Waals surface area contributed by atoms with Crippen LogP contribution in [0.15, 0.2) is 24.4 Å². The highest BCUT2D eigenvalue weighted by Crippen LogP contribution is 2.29. The second-order valence-corrected chi connectivity index (χ2v) is 5.00. The molecule has 0 aliphatic rings. The van der Waals surface area contributed by atoms with E-state index in [4.69, 9.17) is 22.1 Å². The molecule has 7 nitrogen and oxygen atoms in total. The molecule has 3 N–H and O–H groups in total. The average molecular weight is 362 g/mol. The molecule has 0 spiro atoms. The van der Waals surface area contributed by atoms with Gasteiger partial charge in [-0.3, -0.25) is 5.41 Å². The zero-order valence-corrected chi connectivity index (χ0v) is 12.4. The van der Waals surface area contributed by atoms with Crippen molar-refractivity contribution in [1.82, 2.24) is 9.71 Å². The fraction of sp³-hybridized carbons (Fsp3) is 0.154. The number of carboxylic acids is 1. The second kappa shape index (κ2) is 6.40. The first kappa shape index (κ1) is 17.6. The van der Waals surface area contributed by atoms with Gasteiger partial charge in [-0.25, -0.2) is 9.78 Å². The summed E-state index contributed by atoms with van der Waals surface area (Å²) in [5.41, 5.74) is -2.60. The second-order valence-electron chi connectivity index (χ2n) is 4.62. The van der Waals surface area contributed by atoms with E-state index in [-0.39, 0.29) is 33.9 Å². The van der Waals surface area contributed by atoms with Crippen molar-refractivity contribution < 1.29 is 23.1 Å². The van der Waals surface area contributed by atoms with E-state index in [1.165, 1.54) is 12.1 Å². The normalized spacial score (nSPS) is 11.3. The van der Waals surface area contributed by atoms with Crippen LogP contribution < -0.4 is 10.8 Å². The Bertz CT molecular complexity index is 851. The average Bonchev–Trinajstić information content (AvgIpc) is 2.48. The molecule has 2 aromatic rings. The lowest BCUT2D eigenvalue weighted by Crippen LogP contribution is -2.25. The SMILES string of the molecule is N=c1c(CNc2ccc(Cl)nc2C(=O)O)cc(C(F)(F)F)cn1[O-]. The van der Waals surface area contributed by atoms with Crippen LogP contribution in [-0.2, 0) is 12.7 Å². The Kier molecular flexibility index (Phi) is 4.69. The van der Waals surface area contributed by atoms with Gasteiger partial charge in [0.05, 0.1) is 11.3 Å². The highest BCUT2D eigenvalue weighted by atomic mass is 35.5. The zero-order chi connectivity index (χ0) is 18.1. The van der Waals surface area contributed by atoms with Gasteiger partial charge in [-0.05, 0) is 18.2 Å². The first-order chi connectivity index (χ1) is 11.1. The minimum absolute atomic E-state index is 0.0128. The van der Waals surface area contributed by atoms with Crippen molar-refractivity contribution in [3.8, 4) is 0 Å². The van der Waals surface area contributed by atoms with Crippen LogP contribution in [0.3, 0.4) is 0 Å². The van der Waals surface area contributed by atoms with Gasteiger partial charge in [0.25, 0.3) is 0 Å².